The minimum absolute atomic E-state index is 0.00129. The van der Waals surface area contributed by atoms with E-state index in [4.69, 9.17) is 0 Å². The number of urea groups is 1. The van der Waals surface area contributed by atoms with Gasteiger partial charge in [0.1, 0.15) is 0 Å². The van der Waals surface area contributed by atoms with Crippen LogP contribution >= 0.6 is 0 Å². The molecule has 72 valence electrons. The van der Waals surface area contributed by atoms with Gasteiger partial charge in [-0.25, -0.2) is 4.79 Å². The van der Waals surface area contributed by atoms with E-state index in [1.165, 1.54) is 12.8 Å². The summed E-state index contributed by atoms with van der Waals surface area (Å²) in [5.41, 5.74) is 0. The van der Waals surface area contributed by atoms with Crippen LogP contribution in [0.1, 0.15) is 33.1 Å². The van der Waals surface area contributed by atoms with Gasteiger partial charge in [0.05, 0.1) is 0 Å². The van der Waals surface area contributed by atoms with Crippen molar-refractivity contribution in [2.75, 3.05) is 14.1 Å². The predicted molar refractivity (Wildman–Crippen MR) is 51.2 cm³/mol. The van der Waals surface area contributed by atoms with Crippen molar-refractivity contribution >= 4 is 6.03 Å². The Kier molecular flexibility index (Phi) is 5.51. The summed E-state index contributed by atoms with van der Waals surface area (Å²) >= 11 is 0. The summed E-state index contributed by atoms with van der Waals surface area (Å²) in [5.74, 6) is 0. The van der Waals surface area contributed by atoms with Crippen molar-refractivity contribution in [3.8, 4) is 0 Å². The molecule has 0 saturated carbocycles. The van der Waals surface area contributed by atoms with E-state index in [2.05, 4.69) is 12.2 Å². The molecule has 0 aromatic heterocycles. The number of nitrogens with one attached hydrogen (secondary N) is 1. The highest BCUT2D eigenvalue weighted by Crippen LogP contribution is 1.99. The van der Waals surface area contributed by atoms with Gasteiger partial charge in [0.25, 0.3) is 0 Å². The second-order valence-corrected chi connectivity index (χ2v) is 3.39. The van der Waals surface area contributed by atoms with Gasteiger partial charge in [0.15, 0.2) is 0 Å². The summed E-state index contributed by atoms with van der Waals surface area (Å²) in [6.07, 6.45) is 3.42. The van der Waals surface area contributed by atoms with Crippen LogP contribution in [0, 0.1) is 0 Å². The molecule has 0 spiro atoms. The van der Waals surface area contributed by atoms with Gasteiger partial charge in [-0.15, -0.1) is 0 Å². The van der Waals surface area contributed by atoms with Crippen molar-refractivity contribution in [2.45, 2.75) is 39.2 Å². The highest BCUT2D eigenvalue weighted by atomic mass is 16.2. The molecular formula is C9H20N2O. The number of amides is 2. The van der Waals surface area contributed by atoms with E-state index in [1.807, 2.05) is 6.92 Å². The first kappa shape index (κ1) is 11.3. The molecule has 1 atom stereocenters. The molecule has 0 radical (unpaired) electrons. The number of hydrogen-bond acceptors (Lipinski definition) is 1. The third kappa shape index (κ3) is 4.99. The molecule has 0 aliphatic rings. The lowest BCUT2D eigenvalue weighted by Crippen LogP contribution is -2.39. The smallest absolute Gasteiger partial charge is 0.317 e. The topological polar surface area (TPSA) is 32.3 Å². The molecule has 0 aliphatic heterocycles. The Labute approximate surface area is 75.1 Å². The van der Waals surface area contributed by atoms with E-state index in [1.54, 1.807) is 19.0 Å². The standard InChI is InChI=1S/C9H20N2O/c1-5-6-7-8(2)10-9(12)11(3)4/h8H,5-7H2,1-4H3,(H,10,12). The molecule has 0 rings (SSSR count). The van der Waals surface area contributed by atoms with Crippen molar-refractivity contribution in [2.24, 2.45) is 0 Å². The third-order valence-electron chi connectivity index (χ3n) is 1.77. The number of carbonyl (C=O) groups is 1. The summed E-state index contributed by atoms with van der Waals surface area (Å²) in [6, 6.07) is 0.290. The predicted octanol–water partition coefficient (Wildman–Crippen LogP) is 1.84. The number of carbonyl (C=O) groups excluding carboxylic acids is 1. The SMILES string of the molecule is CCCCC(C)NC(=O)N(C)C. The lowest BCUT2D eigenvalue weighted by molar-refractivity contribution is 0.213. The monoisotopic (exact) mass is 172 g/mol. The van der Waals surface area contributed by atoms with Crippen LogP contribution in [0.4, 0.5) is 4.79 Å². The molecule has 0 fully saturated rings. The second-order valence-electron chi connectivity index (χ2n) is 3.39. The highest BCUT2D eigenvalue weighted by molar-refractivity contribution is 5.73. The molecule has 3 nitrogen and oxygen atoms in total. The Balaban J connectivity index is 3.54. The number of nitrogens with zero attached hydrogens (tertiary/aromatic N) is 1. The lowest BCUT2D eigenvalue weighted by atomic mass is 10.1. The molecule has 1 unspecified atom stereocenters. The maximum atomic E-state index is 11.1. The molecule has 0 aromatic rings. The van der Waals surface area contributed by atoms with Crippen LogP contribution < -0.4 is 5.32 Å². The summed E-state index contributed by atoms with van der Waals surface area (Å²) in [5, 5.41) is 2.90. The van der Waals surface area contributed by atoms with Crippen molar-refractivity contribution < 1.29 is 4.79 Å². The molecule has 3 heteroatoms. The van der Waals surface area contributed by atoms with Crippen LogP contribution in [0.2, 0.25) is 0 Å². The average Bonchev–Trinajstić information content (AvgIpc) is 2.00. The number of unbranched alkanes of at least 4 members (excludes halogenated alkanes) is 1. The fraction of sp³-hybridized carbons (Fsp3) is 0.889. The van der Waals surface area contributed by atoms with Crippen LogP contribution in [-0.4, -0.2) is 31.1 Å². The summed E-state index contributed by atoms with van der Waals surface area (Å²) in [7, 11) is 3.50. The van der Waals surface area contributed by atoms with Gasteiger partial charge in [-0.2, -0.15) is 0 Å². The number of hydrogen-bond donors (Lipinski definition) is 1. The zero-order valence-corrected chi connectivity index (χ0v) is 8.55. The molecule has 0 saturated heterocycles. The lowest BCUT2D eigenvalue weighted by Gasteiger charge is -2.17. The molecule has 0 bridgehead atoms. The van der Waals surface area contributed by atoms with E-state index < -0.39 is 0 Å². The zero-order valence-electron chi connectivity index (χ0n) is 8.55. The fourth-order valence-corrected chi connectivity index (χ4v) is 0.922. The molecule has 0 heterocycles. The van der Waals surface area contributed by atoms with Gasteiger partial charge < -0.3 is 10.2 Å². The van der Waals surface area contributed by atoms with E-state index in [9.17, 15) is 4.79 Å². The van der Waals surface area contributed by atoms with Gasteiger partial charge in [-0.3, -0.25) is 0 Å². The Morgan fingerprint density at radius 2 is 2.08 bits per heavy atom. The van der Waals surface area contributed by atoms with Gasteiger partial charge in [0, 0.05) is 20.1 Å². The quantitative estimate of drug-likeness (QED) is 0.689. The average molecular weight is 172 g/mol. The first-order valence-corrected chi connectivity index (χ1v) is 4.55. The molecule has 0 aliphatic carbocycles. The van der Waals surface area contributed by atoms with E-state index in [-0.39, 0.29) is 6.03 Å². The Morgan fingerprint density at radius 3 is 2.50 bits per heavy atom. The van der Waals surface area contributed by atoms with Crippen LogP contribution in [0.15, 0.2) is 0 Å². The Morgan fingerprint density at radius 1 is 1.50 bits per heavy atom. The zero-order chi connectivity index (χ0) is 9.56. The first-order chi connectivity index (χ1) is 5.57. The molecule has 12 heavy (non-hydrogen) atoms. The van der Waals surface area contributed by atoms with Gasteiger partial charge in [-0.05, 0) is 13.3 Å². The molecule has 0 aromatic carbocycles. The highest BCUT2D eigenvalue weighted by Gasteiger charge is 2.07. The van der Waals surface area contributed by atoms with Crippen LogP contribution in [-0.2, 0) is 0 Å². The van der Waals surface area contributed by atoms with Crippen molar-refractivity contribution in [1.29, 1.82) is 0 Å². The van der Waals surface area contributed by atoms with E-state index in [0.29, 0.717) is 6.04 Å². The number of rotatable bonds is 4. The summed E-state index contributed by atoms with van der Waals surface area (Å²) in [6.45, 7) is 4.19. The van der Waals surface area contributed by atoms with Crippen molar-refractivity contribution in [1.82, 2.24) is 10.2 Å². The first-order valence-electron chi connectivity index (χ1n) is 4.55. The minimum atomic E-state index is -0.00129. The van der Waals surface area contributed by atoms with Gasteiger partial charge in [-0.1, -0.05) is 19.8 Å². The minimum Gasteiger partial charge on any atom is -0.336 e. The van der Waals surface area contributed by atoms with E-state index >= 15 is 0 Å². The maximum Gasteiger partial charge on any atom is 0.317 e. The summed E-state index contributed by atoms with van der Waals surface area (Å²) in [4.78, 5) is 12.7. The van der Waals surface area contributed by atoms with Crippen LogP contribution in [0.25, 0.3) is 0 Å². The van der Waals surface area contributed by atoms with Gasteiger partial charge >= 0.3 is 6.03 Å². The second kappa shape index (κ2) is 5.86. The Hall–Kier alpha value is -0.730. The molecular weight excluding hydrogens is 152 g/mol. The van der Waals surface area contributed by atoms with Gasteiger partial charge in [0.2, 0.25) is 0 Å². The summed E-state index contributed by atoms with van der Waals surface area (Å²) < 4.78 is 0. The third-order valence-corrected chi connectivity index (χ3v) is 1.77. The van der Waals surface area contributed by atoms with Crippen LogP contribution in [0.3, 0.4) is 0 Å². The molecule has 1 N–H and O–H groups in total. The Bertz CT molecular complexity index is 134. The maximum absolute atomic E-state index is 11.1. The van der Waals surface area contributed by atoms with Crippen molar-refractivity contribution in [3.63, 3.8) is 0 Å². The normalized spacial score (nSPS) is 12.3. The van der Waals surface area contributed by atoms with Crippen molar-refractivity contribution in [3.05, 3.63) is 0 Å². The van der Waals surface area contributed by atoms with E-state index in [0.717, 1.165) is 6.42 Å². The fourth-order valence-electron chi connectivity index (χ4n) is 0.922. The van der Waals surface area contributed by atoms with Crippen LogP contribution in [0.5, 0.6) is 0 Å². The molecule has 2 amide bonds. The largest absolute Gasteiger partial charge is 0.336 e.